The minimum atomic E-state index is -0.981. The summed E-state index contributed by atoms with van der Waals surface area (Å²) in [6.07, 6.45) is 2.17. The molecule has 0 radical (unpaired) electrons. The van der Waals surface area contributed by atoms with Crippen LogP contribution in [-0.4, -0.2) is 49.3 Å². The van der Waals surface area contributed by atoms with Gasteiger partial charge in [0, 0.05) is 30.1 Å². The summed E-state index contributed by atoms with van der Waals surface area (Å²) in [5, 5.41) is 22.0. The molecule has 2 atom stereocenters. The first kappa shape index (κ1) is 23.2. The second-order valence-electron chi connectivity index (χ2n) is 7.85. The van der Waals surface area contributed by atoms with Gasteiger partial charge in [0.05, 0.1) is 19.2 Å². The van der Waals surface area contributed by atoms with Crippen molar-refractivity contribution in [2.45, 2.75) is 44.9 Å². The van der Waals surface area contributed by atoms with E-state index in [4.69, 9.17) is 4.74 Å². The molecule has 168 valence electrons. The molecule has 1 aromatic heterocycles. The second kappa shape index (κ2) is 11.3. The molecule has 8 heteroatoms. The van der Waals surface area contributed by atoms with E-state index in [1.807, 2.05) is 42.6 Å². The predicted octanol–water partition coefficient (Wildman–Crippen LogP) is 2.62. The summed E-state index contributed by atoms with van der Waals surface area (Å²) in [6.45, 7) is 6.56. The van der Waals surface area contributed by atoms with Crippen LogP contribution in [0.25, 0.3) is 0 Å². The number of aliphatic hydroxyl groups is 1. The van der Waals surface area contributed by atoms with Gasteiger partial charge in [-0.1, -0.05) is 18.2 Å². The molecule has 0 bridgehead atoms. The molecular weight excluding hydrogens is 412 g/mol. The van der Waals surface area contributed by atoms with Gasteiger partial charge in [0.15, 0.2) is 5.96 Å². The third-order valence-corrected chi connectivity index (χ3v) is 6.24. The van der Waals surface area contributed by atoms with Crippen LogP contribution >= 0.6 is 11.3 Å². The number of hydrogen-bond donors (Lipinski definition) is 4. The predicted molar refractivity (Wildman–Crippen MR) is 124 cm³/mol. The number of rotatable bonds is 9. The maximum Gasteiger partial charge on any atom is 0.251 e. The summed E-state index contributed by atoms with van der Waals surface area (Å²) in [4.78, 5) is 18.0. The zero-order chi connectivity index (χ0) is 22.1. The maximum absolute atomic E-state index is 12.5. The van der Waals surface area contributed by atoms with Crippen molar-refractivity contribution in [2.75, 3.05) is 26.2 Å². The van der Waals surface area contributed by atoms with E-state index < -0.39 is 5.60 Å². The van der Waals surface area contributed by atoms with Crippen molar-refractivity contribution in [2.24, 2.45) is 4.99 Å². The number of carbonyl (C=O) groups excluding carboxylic acids is 1. The van der Waals surface area contributed by atoms with Crippen LogP contribution in [0, 0.1) is 0 Å². The molecule has 0 spiro atoms. The molecule has 7 nitrogen and oxygen atoms in total. The van der Waals surface area contributed by atoms with E-state index in [-0.39, 0.29) is 12.0 Å². The smallest absolute Gasteiger partial charge is 0.251 e. The molecular formula is C23H32N4O3S. The van der Waals surface area contributed by atoms with Crippen molar-refractivity contribution in [1.82, 2.24) is 16.0 Å². The zero-order valence-electron chi connectivity index (χ0n) is 18.2. The van der Waals surface area contributed by atoms with Gasteiger partial charge in [-0.15, -0.1) is 11.3 Å². The highest BCUT2D eigenvalue weighted by Crippen LogP contribution is 2.24. The Labute approximate surface area is 187 Å². The van der Waals surface area contributed by atoms with E-state index in [0.29, 0.717) is 37.7 Å². The number of benzene rings is 1. The van der Waals surface area contributed by atoms with Gasteiger partial charge in [-0.05, 0) is 55.8 Å². The topological polar surface area (TPSA) is 95.0 Å². The molecule has 31 heavy (non-hydrogen) atoms. The maximum atomic E-state index is 12.5. The fourth-order valence-corrected chi connectivity index (χ4v) is 4.15. The van der Waals surface area contributed by atoms with E-state index >= 15 is 0 Å². The lowest BCUT2D eigenvalue weighted by Gasteiger charge is -2.23. The number of thiophene rings is 1. The normalized spacial score (nSPS) is 18.4. The van der Waals surface area contributed by atoms with Gasteiger partial charge in [-0.3, -0.25) is 4.79 Å². The quantitative estimate of drug-likeness (QED) is 0.352. The van der Waals surface area contributed by atoms with E-state index in [0.717, 1.165) is 29.9 Å². The number of carbonyl (C=O) groups is 1. The summed E-state index contributed by atoms with van der Waals surface area (Å²) in [5.41, 5.74) is 0.571. The molecule has 2 aromatic rings. The van der Waals surface area contributed by atoms with Crippen molar-refractivity contribution in [3.8, 4) is 0 Å². The van der Waals surface area contributed by atoms with Crippen LogP contribution in [-0.2, 0) is 16.9 Å². The Hall–Kier alpha value is -2.42. The van der Waals surface area contributed by atoms with Gasteiger partial charge in [-0.2, -0.15) is 0 Å². The highest BCUT2D eigenvalue weighted by atomic mass is 32.1. The lowest BCUT2D eigenvalue weighted by Crippen LogP contribution is -2.44. The summed E-state index contributed by atoms with van der Waals surface area (Å²) < 4.78 is 5.56. The van der Waals surface area contributed by atoms with E-state index in [9.17, 15) is 9.90 Å². The first-order chi connectivity index (χ1) is 15.0. The van der Waals surface area contributed by atoms with Gasteiger partial charge in [-0.25, -0.2) is 4.99 Å². The average Bonchev–Trinajstić information content (AvgIpc) is 3.49. The number of amides is 1. The van der Waals surface area contributed by atoms with Gasteiger partial charge in [0.1, 0.15) is 5.60 Å². The highest BCUT2D eigenvalue weighted by Gasteiger charge is 2.24. The molecule has 1 saturated heterocycles. The Morgan fingerprint density at radius 3 is 2.87 bits per heavy atom. The monoisotopic (exact) mass is 444 g/mol. The average molecular weight is 445 g/mol. The Morgan fingerprint density at radius 1 is 1.29 bits per heavy atom. The van der Waals surface area contributed by atoms with Gasteiger partial charge >= 0.3 is 0 Å². The molecule has 0 aliphatic carbocycles. The minimum absolute atomic E-state index is 0.0987. The summed E-state index contributed by atoms with van der Waals surface area (Å²) in [7, 11) is 0. The molecule has 4 N–H and O–H groups in total. The molecule has 1 aliphatic heterocycles. The van der Waals surface area contributed by atoms with Gasteiger partial charge in [0.25, 0.3) is 5.91 Å². The number of guanidine groups is 1. The molecule has 3 rings (SSSR count). The number of hydrogen-bond acceptors (Lipinski definition) is 5. The first-order valence-corrected chi connectivity index (χ1v) is 11.6. The van der Waals surface area contributed by atoms with Crippen molar-refractivity contribution in [3.05, 3.63) is 57.8 Å². The summed E-state index contributed by atoms with van der Waals surface area (Å²) >= 11 is 1.53. The molecule has 1 amide bonds. The molecule has 1 fully saturated rings. The first-order valence-electron chi connectivity index (χ1n) is 10.7. The van der Waals surface area contributed by atoms with Crippen LogP contribution in [0.5, 0.6) is 0 Å². The largest absolute Gasteiger partial charge is 0.383 e. The SMILES string of the molecule is CCNC(=NCc1cccc(C(=O)NCC2CCCO2)c1)NCC(C)(O)c1cccs1. The van der Waals surface area contributed by atoms with Crippen LogP contribution in [0.2, 0.25) is 0 Å². The Morgan fingerprint density at radius 2 is 2.16 bits per heavy atom. The molecule has 2 heterocycles. The highest BCUT2D eigenvalue weighted by molar-refractivity contribution is 7.10. The Kier molecular flexibility index (Phi) is 8.45. The lowest BCUT2D eigenvalue weighted by atomic mass is 10.1. The Balaban J connectivity index is 1.57. The zero-order valence-corrected chi connectivity index (χ0v) is 19.0. The van der Waals surface area contributed by atoms with Crippen LogP contribution in [0.1, 0.15) is 47.5 Å². The van der Waals surface area contributed by atoms with Crippen molar-refractivity contribution in [3.63, 3.8) is 0 Å². The van der Waals surface area contributed by atoms with Crippen LogP contribution in [0.3, 0.4) is 0 Å². The summed E-state index contributed by atoms with van der Waals surface area (Å²) in [5.74, 6) is 0.519. The van der Waals surface area contributed by atoms with Crippen molar-refractivity contribution in [1.29, 1.82) is 0 Å². The minimum Gasteiger partial charge on any atom is -0.383 e. The number of ether oxygens (including phenoxy) is 1. The van der Waals surface area contributed by atoms with E-state index in [2.05, 4.69) is 20.9 Å². The number of nitrogens with zero attached hydrogens (tertiary/aromatic N) is 1. The van der Waals surface area contributed by atoms with Crippen LogP contribution in [0.4, 0.5) is 0 Å². The fraction of sp³-hybridized carbons (Fsp3) is 0.478. The van der Waals surface area contributed by atoms with E-state index in [1.165, 1.54) is 11.3 Å². The molecule has 1 aromatic carbocycles. The number of nitrogens with one attached hydrogen (secondary N) is 3. The Bertz CT molecular complexity index is 861. The molecule has 2 unspecified atom stereocenters. The fourth-order valence-electron chi connectivity index (χ4n) is 3.36. The van der Waals surface area contributed by atoms with Crippen LogP contribution < -0.4 is 16.0 Å². The van der Waals surface area contributed by atoms with Crippen LogP contribution in [0.15, 0.2) is 46.8 Å². The molecule has 0 saturated carbocycles. The third-order valence-electron chi connectivity index (χ3n) is 5.12. The van der Waals surface area contributed by atoms with E-state index in [1.54, 1.807) is 13.0 Å². The standard InChI is InChI=1S/C23H32N4O3S/c1-3-24-22(27-16-23(2,29)20-10-6-12-31-20)26-14-17-7-4-8-18(13-17)21(28)25-15-19-9-5-11-30-19/h4,6-8,10,12-13,19,29H,3,5,9,11,14-16H2,1-2H3,(H,25,28)(H2,24,26,27). The van der Waals surface area contributed by atoms with Gasteiger partial charge in [0.2, 0.25) is 0 Å². The number of aliphatic imine (C=N–C) groups is 1. The van der Waals surface area contributed by atoms with Gasteiger partial charge < -0.3 is 25.8 Å². The second-order valence-corrected chi connectivity index (χ2v) is 8.79. The third kappa shape index (κ3) is 7.05. The molecule has 1 aliphatic rings. The van der Waals surface area contributed by atoms with Crippen molar-refractivity contribution >= 4 is 23.2 Å². The van der Waals surface area contributed by atoms with Crippen molar-refractivity contribution < 1.29 is 14.6 Å². The summed E-state index contributed by atoms with van der Waals surface area (Å²) in [6, 6.07) is 11.3. The lowest BCUT2D eigenvalue weighted by molar-refractivity contribution is 0.0655.